The maximum absolute atomic E-state index is 11.9. The summed E-state index contributed by atoms with van der Waals surface area (Å²) < 4.78 is 2.80. The van der Waals surface area contributed by atoms with Crippen LogP contribution in [0.4, 0.5) is 5.69 Å². The van der Waals surface area contributed by atoms with E-state index in [0.29, 0.717) is 16.7 Å². The van der Waals surface area contributed by atoms with Gasteiger partial charge in [-0.1, -0.05) is 19.9 Å². The second-order valence-electron chi connectivity index (χ2n) is 5.15. The predicted octanol–water partition coefficient (Wildman–Crippen LogP) is 3.11. The van der Waals surface area contributed by atoms with Crippen molar-refractivity contribution < 1.29 is 9.72 Å². The Morgan fingerprint density at radius 2 is 2.04 bits per heavy atom. The minimum Gasteiger partial charge on any atom is -0.303 e. The van der Waals surface area contributed by atoms with Crippen molar-refractivity contribution in [3.05, 3.63) is 45.4 Å². The van der Waals surface area contributed by atoms with Crippen LogP contribution < -0.4 is 5.69 Å². The van der Waals surface area contributed by atoms with Crippen molar-refractivity contribution in [3.8, 4) is 0 Å². The first-order valence-electron chi connectivity index (χ1n) is 7.30. The summed E-state index contributed by atoms with van der Waals surface area (Å²) in [6, 6.07) is 4.32. The fraction of sp³-hybridized carbons (Fsp3) is 0.375. The molecule has 0 bridgehead atoms. The number of aromatic nitrogens is 2. The first kappa shape index (κ1) is 18.3. The van der Waals surface area contributed by atoms with E-state index in [1.165, 1.54) is 21.3 Å². The van der Waals surface area contributed by atoms with Crippen LogP contribution in [0.2, 0.25) is 0 Å². The predicted molar refractivity (Wildman–Crippen MR) is 90.4 cm³/mol. The van der Waals surface area contributed by atoms with Crippen LogP contribution in [0.3, 0.4) is 0 Å². The number of hydrogen-bond acceptors (Lipinski definition) is 4. The average molecular weight is 319 g/mol. The Balaban J connectivity index is 0.000000379. The monoisotopic (exact) mass is 319 g/mol. The highest BCUT2D eigenvalue weighted by molar-refractivity contribution is 5.81. The molecule has 0 saturated heterocycles. The lowest BCUT2D eigenvalue weighted by molar-refractivity contribution is -0.384. The van der Waals surface area contributed by atoms with E-state index in [1.54, 1.807) is 20.0 Å². The van der Waals surface area contributed by atoms with Gasteiger partial charge in [-0.05, 0) is 19.4 Å². The molecule has 124 valence electrons. The molecule has 0 fully saturated rings. The number of fused-ring (bicyclic) bond motifs is 1. The third-order valence-corrected chi connectivity index (χ3v) is 3.31. The van der Waals surface area contributed by atoms with Gasteiger partial charge in [-0.2, -0.15) is 0 Å². The Morgan fingerprint density at radius 1 is 1.39 bits per heavy atom. The fourth-order valence-electron chi connectivity index (χ4n) is 2.10. The van der Waals surface area contributed by atoms with Crippen molar-refractivity contribution in [1.82, 2.24) is 9.13 Å². The van der Waals surface area contributed by atoms with Crippen LogP contribution in [0.1, 0.15) is 33.1 Å². The summed E-state index contributed by atoms with van der Waals surface area (Å²) in [6.07, 6.45) is 3.86. The smallest absolute Gasteiger partial charge is 0.303 e. The lowest BCUT2D eigenvalue weighted by Gasteiger charge is -1.99. The van der Waals surface area contributed by atoms with Crippen LogP contribution >= 0.6 is 0 Å². The topological polar surface area (TPSA) is 87.1 Å². The van der Waals surface area contributed by atoms with E-state index in [9.17, 15) is 19.7 Å². The van der Waals surface area contributed by atoms with Gasteiger partial charge in [0.15, 0.2) is 0 Å². The molecule has 0 atom stereocenters. The van der Waals surface area contributed by atoms with Gasteiger partial charge in [0.05, 0.1) is 16.0 Å². The quantitative estimate of drug-likeness (QED) is 0.367. The van der Waals surface area contributed by atoms with E-state index in [4.69, 9.17) is 0 Å². The highest BCUT2D eigenvalue weighted by atomic mass is 16.6. The molecule has 0 spiro atoms. The first-order chi connectivity index (χ1) is 10.8. The average Bonchev–Trinajstić information content (AvgIpc) is 2.77. The number of carbonyl (C=O) groups excluding carboxylic acids is 1. The van der Waals surface area contributed by atoms with E-state index in [0.717, 1.165) is 25.5 Å². The maximum Gasteiger partial charge on any atom is 0.333 e. The number of aryl methyl sites for hydroxylation is 1. The molecule has 1 aromatic heterocycles. The van der Waals surface area contributed by atoms with E-state index in [1.807, 2.05) is 0 Å². The van der Waals surface area contributed by atoms with Crippen LogP contribution in [-0.4, -0.2) is 20.3 Å². The van der Waals surface area contributed by atoms with Crippen molar-refractivity contribution in [3.63, 3.8) is 0 Å². The van der Waals surface area contributed by atoms with E-state index < -0.39 is 4.92 Å². The van der Waals surface area contributed by atoms with Crippen LogP contribution in [-0.2, 0) is 11.8 Å². The number of imidazole rings is 1. The zero-order valence-corrected chi connectivity index (χ0v) is 13.6. The zero-order valence-electron chi connectivity index (χ0n) is 13.6. The Hall–Kier alpha value is -2.70. The molecular weight excluding hydrogens is 298 g/mol. The lowest BCUT2D eigenvalue weighted by Crippen LogP contribution is -2.20. The van der Waals surface area contributed by atoms with Crippen molar-refractivity contribution in [1.29, 1.82) is 0 Å². The lowest BCUT2D eigenvalue weighted by atomic mass is 10.2. The van der Waals surface area contributed by atoms with Gasteiger partial charge in [0, 0.05) is 31.3 Å². The Morgan fingerprint density at radius 3 is 2.48 bits per heavy atom. The van der Waals surface area contributed by atoms with Crippen LogP contribution in [0.5, 0.6) is 0 Å². The number of hydrogen-bond donors (Lipinski definition) is 0. The summed E-state index contributed by atoms with van der Waals surface area (Å²) in [6.45, 7) is 7.51. The van der Waals surface area contributed by atoms with Gasteiger partial charge in [0.1, 0.15) is 6.29 Å². The Labute approximate surface area is 134 Å². The fourth-order valence-corrected chi connectivity index (χ4v) is 2.10. The summed E-state index contributed by atoms with van der Waals surface area (Å²) in [4.78, 5) is 31.7. The molecule has 0 amide bonds. The number of nitrogens with zero attached hydrogens (tertiary/aromatic N) is 3. The molecule has 0 N–H and O–H groups in total. The van der Waals surface area contributed by atoms with Crippen LogP contribution in [0.25, 0.3) is 16.7 Å². The highest BCUT2D eigenvalue weighted by Gasteiger charge is 2.14. The molecule has 0 aliphatic rings. The normalized spacial score (nSPS) is 10.0. The van der Waals surface area contributed by atoms with Crippen LogP contribution in [0.15, 0.2) is 29.6 Å². The van der Waals surface area contributed by atoms with Gasteiger partial charge in [-0.15, -0.1) is 0 Å². The second-order valence-corrected chi connectivity index (χ2v) is 5.15. The largest absolute Gasteiger partial charge is 0.333 e. The summed E-state index contributed by atoms with van der Waals surface area (Å²) in [7, 11) is 1.58. The third kappa shape index (κ3) is 4.15. The molecule has 7 nitrogen and oxygen atoms in total. The Bertz CT molecular complexity index is 786. The van der Waals surface area contributed by atoms with Crippen LogP contribution in [0, 0.1) is 10.1 Å². The number of nitro benzene ring substituents is 1. The molecule has 7 heteroatoms. The van der Waals surface area contributed by atoms with Gasteiger partial charge in [-0.3, -0.25) is 19.2 Å². The number of rotatable bonds is 5. The number of carbonyl (C=O) groups is 1. The molecule has 0 saturated carbocycles. The van der Waals surface area contributed by atoms with E-state index in [2.05, 4.69) is 13.5 Å². The van der Waals surface area contributed by atoms with Gasteiger partial charge < -0.3 is 4.79 Å². The maximum atomic E-state index is 11.9. The van der Waals surface area contributed by atoms with Gasteiger partial charge in [-0.25, -0.2) is 4.79 Å². The van der Waals surface area contributed by atoms with Crippen molar-refractivity contribution in [2.24, 2.45) is 7.05 Å². The van der Waals surface area contributed by atoms with E-state index >= 15 is 0 Å². The molecule has 0 aliphatic carbocycles. The summed E-state index contributed by atoms with van der Waals surface area (Å²) >= 11 is 0. The van der Waals surface area contributed by atoms with Gasteiger partial charge in [0.2, 0.25) is 0 Å². The number of non-ortho nitro benzene ring substituents is 1. The van der Waals surface area contributed by atoms with Crippen molar-refractivity contribution >= 4 is 28.7 Å². The van der Waals surface area contributed by atoms with Crippen molar-refractivity contribution in [2.45, 2.75) is 33.1 Å². The molecule has 0 radical (unpaired) electrons. The molecule has 23 heavy (non-hydrogen) atoms. The summed E-state index contributed by atoms with van der Waals surface area (Å²) in [5, 5.41) is 10.7. The van der Waals surface area contributed by atoms with Gasteiger partial charge >= 0.3 is 5.69 Å². The standard InChI is InChI=1S/C11H11N3O3.C5H10O/c1-7(2)13-9-5-4-8(14(16)17)6-10(9)12(3)11(13)15;1-2-3-4-5-6/h4-6H,1H2,2-3H3;5H,2-4H2,1H3. The molecule has 0 unspecified atom stereocenters. The van der Waals surface area contributed by atoms with Gasteiger partial charge in [0.25, 0.3) is 5.69 Å². The minimum atomic E-state index is -0.484. The number of allylic oxidation sites excluding steroid dienone is 1. The number of benzene rings is 1. The zero-order chi connectivity index (χ0) is 17.6. The molecule has 2 aromatic rings. The second kappa shape index (κ2) is 8.07. The van der Waals surface area contributed by atoms with E-state index in [-0.39, 0.29) is 11.4 Å². The molecule has 0 aliphatic heterocycles. The highest BCUT2D eigenvalue weighted by Crippen LogP contribution is 2.21. The van der Waals surface area contributed by atoms with Crippen molar-refractivity contribution in [2.75, 3.05) is 0 Å². The number of aldehydes is 1. The molecular formula is C16H21N3O4. The minimum absolute atomic E-state index is 0.0352. The molecule has 1 heterocycles. The Kier molecular flexibility index (Phi) is 6.44. The summed E-state index contributed by atoms with van der Waals surface area (Å²) in [5.41, 5.74) is 1.43. The third-order valence-electron chi connectivity index (χ3n) is 3.31. The first-order valence-corrected chi connectivity index (χ1v) is 7.30. The SMILES string of the molecule is C=C(C)n1c(=O)n(C)c2cc([N+](=O)[O-])ccc21.CCCCC=O. The molecule has 2 rings (SSSR count). The number of unbranched alkanes of at least 4 members (excludes halogenated alkanes) is 2. The summed E-state index contributed by atoms with van der Waals surface area (Å²) in [5.74, 6) is 0. The molecule has 1 aromatic carbocycles. The number of nitro groups is 1.